The molecule has 0 aliphatic rings. The Morgan fingerprint density at radius 2 is 1.71 bits per heavy atom. The largest absolute Gasteiger partial charge is 0.306 e. The maximum Gasteiger partial charge on any atom is 0.0592 e. The van der Waals surface area contributed by atoms with Gasteiger partial charge in [-0.05, 0) is 61.6 Å². The average molecular weight is 347 g/mol. The smallest absolute Gasteiger partial charge is 0.0592 e. The van der Waals surface area contributed by atoms with E-state index < -0.39 is 0 Å². The molecule has 112 valence electrons. The van der Waals surface area contributed by atoms with Crippen molar-refractivity contribution >= 4 is 15.9 Å². The van der Waals surface area contributed by atoms with Gasteiger partial charge in [-0.25, -0.2) is 0 Å². The minimum absolute atomic E-state index is 0.197. The van der Waals surface area contributed by atoms with Crippen LogP contribution in [-0.4, -0.2) is 11.5 Å². The maximum atomic E-state index is 4.35. The number of aromatic nitrogens is 1. The van der Waals surface area contributed by atoms with E-state index >= 15 is 0 Å². The number of rotatable bonds is 5. The Morgan fingerprint density at radius 1 is 1.05 bits per heavy atom. The molecule has 3 heteroatoms. The van der Waals surface area contributed by atoms with E-state index in [9.17, 15) is 0 Å². The van der Waals surface area contributed by atoms with E-state index in [2.05, 4.69) is 72.1 Å². The maximum absolute atomic E-state index is 4.35. The van der Waals surface area contributed by atoms with Gasteiger partial charge in [0.2, 0.25) is 0 Å². The molecule has 1 aromatic heterocycles. The molecule has 2 rings (SSSR count). The van der Waals surface area contributed by atoms with Crippen molar-refractivity contribution in [3.8, 4) is 0 Å². The van der Waals surface area contributed by atoms with E-state index in [0.717, 1.165) is 13.0 Å². The molecule has 21 heavy (non-hydrogen) atoms. The topological polar surface area (TPSA) is 24.9 Å². The zero-order valence-corrected chi connectivity index (χ0v) is 14.8. The first-order valence-corrected chi connectivity index (χ1v) is 8.23. The van der Waals surface area contributed by atoms with Gasteiger partial charge in [-0.2, -0.15) is 0 Å². The normalized spacial score (nSPS) is 12.4. The van der Waals surface area contributed by atoms with Crippen molar-refractivity contribution in [2.24, 2.45) is 0 Å². The van der Waals surface area contributed by atoms with Crippen LogP contribution in [0.3, 0.4) is 0 Å². The highest BCUT2D eigenvalue weighted by atomic mass is 79.9. The quantitative estimate of drug-likeness (QED) is 0.836. The molecule has 1 heterocycles. The number of hydrogen-bond donors (Lipinski definition) is 1. The van der Waals surface area contributed by atoms with Gasteiger partial charge < -0.3 is 5.32 Å². The van der Waals surface area contributed by atoms with Crippen LogP contribution in [0.5, 0.6) is 0 Å². The van der Waals surface area contributed by atoms with Gasteiger partial charge in [0.15, 0.2) is 0 Å². The first-order chi connectivity index (χ1) is 10.0. The molecular formula is C18H23BrN2. The average Bonchev–Trinajstić information content (AvgIpc) is 2.45. The highest BCUT2D eigenvalue weighted by Crippen LogP contribution is 2.29. The Balaban J connectivity index is 2.45. The fourth-order valence-corrected chi connectivity index (χ4v) is 2.83. The van der Waals surface area contributed by atoms with Crippen LogP contribution in [0.4, 0.5) is 0 Å². The van der Waals surface area contributed by atoms with E-state index in [-0.39, 0.29) is 6.04 Å². The molecule has 0 bridgehead atoms. The van der Waals surface area contributed by atoms with Gasteiger partial charge in [0.05, 0.1) is 6.04 Å². The van der Waals surface area contributed by atoms with Crippen molar-refractivity contribution in [3.05, 3.63) is 62.9 Å². The van der Waals surface area contributed by atoms with Crippen LogP contribution in [0.25, 0.3) is 0 Å². The molecule has 2 aromatic rings. The van der Waals surface area contributed by atoms with Gasteiger partial charge in [-0.1, -0.05) is 41.1 Å². The van der Waals surface area contributed by atoms with Crippen LogP contribution in [0.2, 0.25) is 0 Å². The van der Waals surface area contributed by atoms with E-state index in [1.165, 1.54) is 32.3 Å². The first kappa shape index (κ1) is 16.2. The summed E-state index contributed by atoms with van der Waals surface area (Å²) in [5, 5.41) is 3.65. The van der Waals surface area contributed by atoms with Crippen molar-refractivity contribution in [1.82, 2.24) is 10.3 Å². The Morgan fingerprint density at radius 3 is 2.29 bits per heavy atom. The standard InChI is InChI=1S/C18H23BrN2/c1-5-6-21-18(16-7-12(2)10-20-11-16)15-8-13(3)17(19)14(4)9-15/h7-11,18,21H,5-6H2,1-4H3. The predicted octanol–water partition coefficient (Wildman–Crippen LogP) is 4.86. The lowest BCUT2D eigenvalue weighted by Crippen LogP contribution is -2.23. The molecule has 1 N–H and O–H groups in total. The number of aryl methyl sites for hydroxylation is 3. The first-order valence-electron chi connectivity index (χ1n) is 7.44. The lowest BCUT2D eigenvalue weighted by Gasteiger charge is -2.21. The third-order valence-corrected chi connectivity index (χ3v) is 4.87. The van der Waals surface area contributed by atoms with Crippen molar-refractivity contribution in [2.45, 2.75) is 40.2 Å². The molecule has 0 saturated carbocycles. The Bertz CT molecular complexity index is 599. The van der Waals surface area contributed by atoms with Gasteiger partial charge in [-0.3, -0.25) is 4.98 Å². The van der Waals surface area contributed by atoms with Crippen molar-refractivity contribution in [2.75, 3.05) is 6.54 Å². The fourth-order valence-electron chi connectivity index (χ4n) is 2.60. The second kappa shape index (κ2) is 7.19. The Kier molecular flexibility index (Phi) is 5.54. The molecule has 1 atom stereocenters. The summed E-state index contributed by atoms with van der Waals surface area (Å²) < 4.78 is 1.20. The molecule has 0 aliphatic carbocycles. The summed E-state index contributed by atoms with van der Waals surface area (Å²) in [6.45, 7) is 9.56. The highest BCUT2D eigenvalue weighted by molar-refractivity contribution is 9.10. The summed E-state index contributed by atoms with van der Waals surface area (Å²) in [7, 11) is 0. The summed E-state index contributed by atoms with van der Waals surface area (Å²) in [4.78, 5) is 4.35. The van der Waals surface area contributed by atoms with E-state index in [0.29, 0.717) is 0 Å². The van der Waals surface area contributed by atoms with E-state index in [1.54, 1.807) is 0 Å². The summed E-state index contributed by atoms with van der Waals surface area (Å²) >= 11 is 3.65. The van der Waals surface area contributed by atoms with Crippen LogP contribution >= 0.6 is 15.9 Å². The minimum Gasteiger partial charge on any atom is -0.306 e. The summed E-state index contributed by atoms with van der Waals surface area (Å²) in [5.41, 5.74) is 6.27. The van der Waals surface area contributed by atoms with E-state index in [1.807, 2.05) is 12.4 Å². The zero-order valence-electron chi connectivity index (χ0n) is 13.2. The minimum atomic E-state index is 0.197. The summed E-state index contributed by atoms with van der Waals surface area (Å²) in [6.07, 6.45) is 4.98. The molecule has 2 nitrogen and oxygen atoms in total. The lowest BCUT2D eigenvalue weighted by molar-refractivity contribution is 0.596. The molecule has 0 amide bonds. The monoisotopic (exact) mass is 346 g/mol. The summed E-state index contributed by atoms with van der Waals surface area (Å²) in [5.74, 6) is 0. The van der Waals surface area contributed by atoms with Crippen LogP contribution in [0.1, 0.15) is 47.2 Å². The number of halogens is 1. The lowest BCUT2D eigenvalue weighted by atomic mass is 9.96. The van der Waals surface area contributed by atoms with Crippen molar-refractivity contribution < 1.29 is 0 Å². The number of nitrogens with zero attached hydrogens (tertiary/aromatic N) is 1. The van der Waals surface area contributed by atoms with Crippen molar-refractivity contribution in [3.63, 3.8) is 0 Å². The second-order valence-electron chi connectivity index (χ2n) is 5.65. The fraction of sp³-hybridized carbons (Fsp3) is 0.389. The van der Waals surface area contributed by atoms with Gasteiger partial charge in [-0.15, -0.1) is 0 Å². The molecule has 1 unspecified atom stereocenters. The van der Waals surface area contributed by atoms with Gasteiger partial charge in [0, 0.05) is 16.9 Å². The highest BCUT2D eigenvalue weighted by Gasteiger charge is 2.15. The molecule has 1 aromatic carbocycles. The zero-order chi connectivity index (χ0) is 15.4. The summed E-state index contributed by atoms with van der Waals surface area (Å²) in [6, 6.07) is 6.93. The number of pyridine rings is 1. The third kappa shape index (κ3) is 3.92. The SMILES string of the molecule is CCCNC(c1cncc(C)c1)c1cc(C)c(Br)c(C)c1. The number of benzene rings is 1. The van der Waals surface area contributed by atoms with Gasteiger partial charge >= 0.3 is 0 Å². The second-order valence-corrected chi connectivity index (χ2v) is 6.44. The van der Waals surface area contributed by atoms with Crippen molar-refractivity contribution in [1.29, 1.82) is 0 Å². The molecule has 0 spiro atoms. The predicted molar refractivity (Wildman–Crippen MR) is 92.7 cm³/mol. The molecule has 0 saturated heterocycles. The molecule has 0 radical (unpaired) electrons. The molecular weight excluding hydrogens is 324 g/mol. The molecule has 0 aliphatic heterocycles. The Hall–Kier alpha value is -1.19. The van der Waals surface area contributed by atoms with Gasteiger partial charge in [0.25, 0.3) is 0 Å². The third-order valence-electron chi connectivity index (χ3n) is 3.62. The van der Waals surface area contributed by atoms with E-state index in [4.69, 9.17) is 0 Å². The Labute approximate surface area is 136 Å². The number of hydrogen-bond acceptors (Lipinski definition) is 2. The van der Waals surface area contributed by atoms with Gasteiger partial charge in [0.1, 0.15) is 0 Å². The van der Waals surface area contributed by atoms with Crippen LogP contribution < -0.4 is 5.32 Å². The number of nitrogens with one attached hydrogen (secondary N) is 1. The van der Waals surface area contributed by atoms with Crippen LogP contribution in [0.15, 0.2) is 35.1 Å². The van der Waals surface area contributed by atoms with Crippen LogP contribution in [-0.2, 0) is 0 Å². The van der Waals surface area contributed by atoms with Crippen LogP contribution in [0, 0.1) is 20.8 Å². The molecule has 0 fully saturated rings.